The van der Waals surface area contributed by atoms with Crippen LogP contribution in [0.15, 0.2) is 35.3 Å². The van der Waals surface area contributed by atoms with Crippen LogP contribution >= 0.6 is 11.3 Å². The third-order valence-electron chi connectivity index (χ3n) is 2.05. The van der Waals surface area contributed by atoms with Crippen molar-refractivity contribution in [2.45, 2.75) is 13.8 Å². The molecule has 0 saturated heterocycles. The molecule has 0 amide bonds. The molecule has 1 heterocycles. The molecule has 16 heavy (non-hydrogen) atoms. The molecule has 0 bridgehead atoms. The van der Waals surface area contributed by atoms with Crippen molar-refractivity contribution in [2.75, 3.05) is 0 Å². The number of aromatic nitrogens is 1. The van der Waals surface area contributed by atoms with Gasteiger partial charge in [0.1, 0.15) is 0 Å². The number of hydrogen-bond donors (Lipinski definition) is 0. The molecule has 0 saturated carbocycles. The van der Waals surface area contributed by atoms with Crippen molar-refractivity contribution in [2.24, 2.45) is 0 Å². The normalized spacial score (nSPS) is 9.12. The van der Waals surface area contributed by atoms with Gasteiger partial charge < -0.3 is 0 Å². The van der Waals surface area contributed by atoms with Crippen LogP contribution < -0.4 is 0 Å². The van der Waals surface area contributed by atoms with Gasteiger partial charge in [0, 0.05) is 23.7 Å². The van der Waals surface area contributed by atoms with Crippen LogP contribution in [0.25, 0.3) is 0 Å². The van der Waals surface area contributed by atoms with E-state index in [1.54, 1.807) is 35.2 Å². The van der Waals surface area contributed by atoms with E-state index in [-0.39, 0.29) is 10.6 Å². The van der Waals surface area contributed by atoms with Gasteiger partial charge in [-0.25, -0.2) is 0 Å². The third-order valence-corrected chi connectivity index (χ3v) is 2.57. The minimum absolute atomic E-state index is 0.160. The zero-order chi connectivity index (χ0) is 12.0. The van der Waals surface area contributed by atoms with Gasteiger partial charge in [0.25, 0.3) is 5.69 Å². The van der Waals surface area contributed by atoms with Crippen molar-refractivity contribution in [1.29, 1.82) is 0 Å². The zero-order valence-electron chi connectivity index (χ0n) is 9.08. The highest BCUT2D eigenvalue weighted by Crippen LogP contribution is 2.15. The summed E-state index contributed by atoms with van der Waals surface area (Å²) in [6.07, 6.45) is 1.77. The summed E-state index contributed by atoms with van der Waals surface area (Å²) in [5, 5.41) is 12.2. The molecular formula is C11H12N2O2S. The minimum Gasteiger partial charge on any atom is -0.258 e. The van der Waals surface area contributed by atoms with Gasteiger partial charge in [-0.3, -0.25) is 15.1 Å². The number of nitrogens with zero attached hydrogens (tertiary/aromatic N) is 2. The highest BCUT2D eigenvalue weighted by Gasteiger charge is 2.04. The van der Waals surface area contributed by atoms with Gasteiger partial charge in [-0.1, -0.05) is 6.07 Å². The van der Waals surface area contributed by atoms with Crippen molar-refractivity contribution < 1.29 is 4.92 Å². The molecule has 0 fully saturated rings. The number of benzene rings is 1. The van der Waals surface area contributed by atoms with E-state index >= 15 is 0 Å². The Morgan fingerprint density at radius 2 is 2.06 bits per heavy atom. The molecule has 1 aromatic heterocycles. The molecule has 1 aromatic carbocycles. The maximum absolute atomic E-state index is 10.3. The summed E-state index contributed by atoms with van der Waals surface area (Å²) in [4.78, 5) is 13.6. The molecule has 0 aliphatic heterocycles. The topological polar surface area (TPSA) is 56.0 Å². The largest absolute Gasteiger partial charge is 0.269 e. The molecule has 0 unspecified atom stereocenters. The van der Waals surface area contributed by atoms with Crippen LogP contribution in [0, 0.1) is 24.0 Å². The summed E-state index contributed by atoms with van der Waals surface area (Å²) in [6.45, 7) is 3.79. The number of nitro groups is 1. The Labute approximate surface area is 97.7 Å². The lowest BCUT2D eigenvalue weighted by atomic mass is 10.1. The smallest absolute Gasteiger partial charge is 0.258 e. The molecule has 5 heteroatoms. The second-order valence-electron chi connectivity index (χ2n) is 3.20. The second kappa shape index (κ2) is 5.97. The van der Waals surface area contributed by atoms with Crippen LogP contribution in [-0.4, -0.2) is 9.91 Å². The molecule has 0 spiro atoms. The molecule has 4 nitrogen and oxygen atoms in total. The average molecular weight is 236 g/mol. The summed E-state index contributed by atoms with van der Waals surface area (Å²) in [6, 6.07) is 4.85. The van der Waals surface area contributed by atoms with Crippen molar-refractivity contribution in [3.05, 3.63) is 56.5 Å². The number of rotatable bonds is 1. The van der Waals surface area contributed by atoms with Gasteiger partial charge in [-0.2, -0.15) is 0 Å². The van der Waals surface area contributed by atoms with Crippen LogP contribution in [-0.2, 0) is 0 Å². The summed E-state index contributed by atoms with van der Waals surface area (Å²) >= 11 is 1.60. The van der Waals surface area contributed by atoms with E-state index in [0.717, 1.165) is 11.1 Å². The van der Waals surface area contributed by atoms with Crippen LogP contribution in [0.1, 0.15) is 11.1 Å². The Kier molecular flexibility index (Phi) is 4.60. The lowest BCUT2D eigenvalue weighted by molar-refractivity contribution is -0.384. The first-order chi connectivity index (χ1) is 7.61. The molecule has 0 aliphatic carbocycles. The fourth-order valence-electron chi connectivity index (χ4n) is 1.01. The standard InChI is InChI=1S/C8H9NO2.C3H3NS/c1-6-3-4-8(9(10)11)5-7(6)2;1-2-5-3-4-1/h3-5H,1-2H3;1-3H. The minimum atomic E-state index is -0.382. The van der Waals surface area contributed by atoms with Crippen molar-refractivity contribution >= 4 is 17.0 Å². The fourth-order valence-corrected chi connectivity index (χ4v) is 1.37. The average Bonchev–Trinajstić information content (AvgIpc) is 2.80. The van der Waals surface area contributed by atoms with E-state index in [1.165, 1.54) is 6.07 Å². The van der Waals surface area contributed by atoms with Gasteiger partial charge in [0.05, 0.1) is 10.4 Å². The van der Waals surface area contributed by atoms with Crippen molar-refractivity contribution in [3.63, 3.8) is 0 Å². The van der Waals surface area contributed by atoms with Crippen molar-refractivity contribution in [3.8, 4) is 0 Å². The molecule has 0 atom stereocenters. The Hall–Kier alpha value is -1.75. The Morgan fingerprint density at radius 3 is 2.44 bits per heavy atom. The Morgan fingerprint density at radius 1 is 1.31 bits per heavy atom. The summed E-state index contributed by atoms with van der Waals surface area (Å²) in [5.41, 5.74) is 3.99. The first kappa shape index (κ1) is 12.3. The molecule has 0 aliphatic rings. The lowest BCUT2D eigenvalue weighted by Gasteiger charge is -1.97. The summed E-state index contributed by atoms with van der Waals surface area (Å²) in [5.74, 6) is 0. The fraction of sp³-hybridized carbons (Fsp3) is 0.182. The lowest BCUT2D eigenvalue weighted by Crippen LogP contribution is -1.89. The molecule has 0 radical (unpaired) electrons. The first-order valence-corrected chi connectivity index (χ1v) is 5.59. The summed E-state index contributed by atoms with van der Waals surface area (Å²) < 4.78 is 0. The van der Waals surface area contributed by atoms with Gasteiger partial charge in [-0.15, -0.1) is 11.3 Å². The number of aryl methyl sites for hydroxylation is 2. The second-order valence-corrected chi connectivity index (χ2v) is 3.96. The summed E-state index contributed by atoms with van der Waals surface area (Å²) in [7, 11) is 0. The third kappa shape index (κ3) is 3.78. The highest BCUT2D eigenvalue weighted by atomic mass is 32.1. The van der Waals surface area contributed by atoms with E-state index in [1.807, 2.05) is 19.2 Å². The Bertz CT molecular complexity index is 438. The molecule has 84 valence electrons. The van der Waals surface area contributed by atoms with Crippen LogP contribution in [0.5, 0.6) is 0 Å². The van der Waals surface area contributed by atoms with E-state index < -0.39 is 0 Å². The quantitative estimate of drug-likeness (QED) is 0.563. The monoisotopic (exact) mass is 236 g/mol. The number of hydrogen-bond acceptors (Lipinski definition) is 4. The molecule has 0 N–H and O–H groups in total. The number of non-ortho nitro benzene ring substituents is 1. The van der Waals surface area contributed by atoms with Crippen LogP contribution in [0.3, 0.4) is 0 Å². The molecular weight excluding hydrogens is 224 g/mol. The first-order valence-electron chi connectivity index (χ1n) is 4.65. The van der Waals surface area contributed by atoms with E-state index in [2.05, 4.69) is 4.98 Å². The maximum atomic E-state index is 10.3. The number of nitro benzene ring substituents is 1. The van der Waals surface area contributed by atoms with E-state index in [9.17, 15) is 10.1 Å². The van der Waals surface area contributed by atoms with Crippen LogP contribution in [0.2, 0.25) is 0 Å². The highest BCUT2D eigenvalue weighted by molar-refractivity contribution is 7.07. The predicted octanol–water partition coefficient (Wildman–Crippen LogP) is 3.35. The van der Waals surface area contributed by atoms with Gasteiger partial charge in [-0.05, 0) is 25.0 Å². The maximum Gasteiger partial charge on any atom is 0.269 e. The SMILES string of the molecule is Cc1ccc([N+](=O)[O-])cc1C.c1cscn1. The molecule has 2 rings (SSSR count). The number of thiazole rings is 1. The Balaban J connectivity index is 0.000000212. The van der Waals surface area contributed by atoms with Gasteiger partial charge in [0.15, 0.2) is 0 Å². The van der Waals surface area contributed by atoms with E-state index in [0.29, 0.717) is 0 Å². The van der Waals surface area contributed by atoms with Crippen LogP contribution in [0.4, 0.5) is 5.69 Å². The van der Waals surface area contributed by atoms with Gasteiger partial charge in [0.2, 0.25) is 0 Å². The van der Waals surface area contributed by atoms with E-state index in [4.69, 9.17) is 0 Å². The predicted molar refractivity (Wildman–Crippen MR) is 64.7 cm³/mol. The zero-order valence-corrected chi connectivity index (χ0v) is 9.90. The van der Waals surface area contributed by atoms with Crippen molar-refractivity contribution in [1.82, 2.24) is 4.98 Å². The van der Waals surface area contributed by atoms with Gasteiger partial charge >= 0.3 is 0 Å². The molecule has 2 aromatic rings.